The van der Waals surface area contributed by atoms with E-state index in [1.54, 1.807) is 0 Å². The average Bonchev–Trinajstić information content (AvgIpc) is 2.72. The van der Waals surface area contributed by atoms with Crippen LogP contribution in [-0.4, -0.2) is 6.92 Å². The Kier molecular flexibility index (Phi) is 5.81. The van der Waals surface area contributed by atoms with Gasteiger partial charge in [-0.2, -0.15) is 0 Å². The van der Waals surface area contributed by atoms with Gasteiger partial charge in [-0.3, -0.25) is 0 Å². The van der Waals surface area contributed by atoms with E-state index in [1.165, 1.54) is 11.0 Å². The van der Waals surface area contributed by atoms with E-state index in [4.69, 9.17) is 9.39 Å². The van der Waals surface area contributed by atoms with Gasteiger partial charge in [-0.1, -0.05) is 31.1 Å². The van der Waals surface area contributed by atoms with Gasteiger partial charge in [0.25, 0.3) is 0 Å². The van der Waals surface area contributed by atoms with Crippen LogP contribution in [0.2, 0.25) is 6.82 Å². The third-order valence-corrected chi connectivity index (χ3v) is 3.02. The number of para-hydroxylation sites is 1. The van der Waals surface area contributed by atoms with Crippen LogP contribution in [0.4, 0.5) is 0 Å². The first-order valence-electron chi connectivity index (χ1n) is 5.80. The molecule has 0 atom stereocenters. The normalized spacial score (nSPS) is 12.2. The van der Waals surface area contributed by atoms with Crippen molar-refractivity contribution < 1.29 is 29.8 Å². The molecule has 0 spiro atoms. The summed E-state index contributed by atoms with van der Waals surface area (Å²) in [6.45, 7) is 2.96. The smallest absolute Gasteiger partial charge is 0.324 e. The molecule has 3 rings (SSSR count). The topological polar surface area (TPSA) is 18.5 Å². The number of benzene rings is 2. The second kappa shape index (κ2) is 6.91. The average molecular weight is 425 g/mol. The van der Waals surface area contributed by atoms with Crippen LogP contribution in [0.25, 0.3) is 0 Å². The van der Waals surface area contributed by atoms with Gasteiger partial charge in [-0.05, 0) is 35.3 Å². The van der Waals surface area contributed by atoms with Crippen molar-refractivity contribution in [1.29, 1.82) is 0 Å². The minimum absolute atomic E-state index is 0. The Bertz CT molecular complexity index is 531. The Morgan fingerprint density at radius 1 is 1.05 bits per heavy atom. The van der Waals surface area contributed by atoms with Gasteiger partial charge in [0, 0.05) is 20.4 Å². The summed E-state index contributed by atoms with van der Waals surface area (Å²) in [6, 6.07) is 16.0. The van der Waals surface area contributed by atoms with Crippen LogP contribution in [0.5, 0.6) is 11.5 Å². The Hall–Kier alpha value is -1.07. The Labute approximate surface area is 128 Å². The molecule has 0 saturated heterocycles. The molecule has 0 amide bonds. The number of fused-ring (bicyclic) bond motifs is 1. The summed E-state index contributed by atoms with van der Waals surface area (Å²) in [5.41, 5.74) is 2.50. The van der Waals surface area contributed by atoms with Gasteiger partial charge in [0.2, 0.25) is 0 Å². The summed E-state index contributed by atoms with van der Waals surface area (Å²) in [5.74, 6) is 1.73. The van der Waals surface area contributed by atoms with Gasteiger partial charge < -0.3 is 16.8 Å². The molecular formula is C15H16BO2Re-. The number of hydrogen-bond acceptors (Lipinski definition) is 2. The zero-order valence-corrected chi connectivity index (χ0v) is 13.8. The molecule has 1 radical (unpaired) electrons. The molecular weight excluding hydrogens is 409 g/mol. The summed E-state index contributed by atoms with van der Waals surface area (Å²) in [6.07, 6.45) is 0. The maximum atomic E-state index is 5.78. The van der Waals surface area contributed by atoms with E-state index >= 15 is 0 Å². The molecule has 1 heterocycles. The zero-order valence-electron chi connectivity index (χ0n) is 11.1. The second-order valence-corrected chi connectivity index (χ2v) is 4.23. The van der Waals surface area contributed by atoms with Crippen LogP contribution in [0.15, 0.2) is 48.5 Å². The Balaban J connectivity index is 0.000000902. The standard InChI is InChI=1S/C14H13BO2.CH3.Re/c1-15-14-8-7-13(9-11(14)10-16-15)17-12-5-3-2-4-6-12;;/h2-9H,10H2,1H3;1H3;/q;-1;. The second-order valence-electron chi connectivity index (χ2n) is 4.23. The minimum atomic E-state index is 0. The molecule has 1 aliphatic heterocycles. The van der Waals surface area contributed by atoms with E-state index in [0.717, 1.165) is 11.5 Å². The van der Waals surface area contributed by atoms with Crippen LogP contribution >= 0.6 is 0 Å². The number of hydrogen-bond donors (Lipinski definition) is 0. The number of ether oxygens (including phenoxy) is 1. The first-order chi connectivity index (χ1) is 8.33. The monoisotopic (exact) mass is 426 g/mol. The third kappa shape index (κ3) is 3.48. The molecule has 0 aromatic heterocycles. The largest absolute Gasteiger partial charge is 0.457 e. The van der Waals surface area contributed by atoms with E-state index in [0.29, 0.717) is 6.61 Å². The molecule has 99 valence electrons. The zero-order chi connectivity index (χ0) is 11.7. The van der Waals surface area contributed by atoms with Crippen molar-refractivity contribution >= 4 is 12.4 Å². The maximum absolute atomic E-state index is 5.78. The maximum Gasteiger partial charge on any atom is 0.324 e. The van der Waals surface area contributed by atoms with Crippen LogP contribution < -0.4 is 10.2 Å². The van der Waals surface area contributed by atoms with Gasteiger partial charge in [-0.15, -0.1) is 0 Å². The minimum Gasteiger partial charge on any atom is -0.457 e. The Morgan fingerprint density at radius 2 is 1.79 bits per heavy atom. The van der Waals surface area contributed by atoms with E-state index in [9.17, 15) is 0 Å². The van der Waals surface area contributed by atoms with Gasteiger partial charge in [-0.25, -0.2) is 0 Å². The predicted molar refractivity (Wildman–Crippen MR) is 75.4 cm³/mol. The molecule has 0 saturated carbocycles. The van der Waals surface area contributed by atoms with Crippen molar-refractivity contribution in [3.05, 3.63) is 61.5 Å². The fourth-order valence-electron chi connectivity index (χ4n) is 2.10. The van der Waals surface area contributed by atoms with Crippen LogP contribution in [0.3, 0.4) is 0 Å². The molecule has 19 heavy (non-hydrogen) atoms. The van der Waals surface area contributed by atoms with Crippen LogP contribution in [-0.2, 0) is 31.7 Å². The van der Waals surface area contributed by atoms with E-state index in [2.05, 4.69) is 19.0 Å². The van der Waals surface area contributed by atoms with Crippen molar-refractivity contribution in [2.75, 3.05) is 0 Å². The summed E-state index contributed by atoms with van der Waals surface area (Å²) in [4.78, 5) is 0. The molecule has 2 aromatic carbocycles. The quantitative estimate of drug-likeness (QED) is 0.543. The molecule has 0 aliphatic carbocycles. The molecule has 0 fully saturated rings. The van der Waals surface area contributed by atoms with Crippen LogP contribution in [0.1, 0.15) is 5.56 Å². The molecule has 4 heteroatoms. The first kappa shape index (κ1) is 16.0. The number of rotatable bonds is 2. The fraction of sp³-hybridized carbons (Fsp3) is 0.133. The molecule has 0 bridgehead atoms. The first-order valence-corrected chi connectivity index (χ1v) is 5.80. The SMILES string of the molecule is CB1OCc2cc(Oc3ccccc3)ccc21.[CH3-].[Re]. The summed E-state index contributed by atoms with van der Waals surface area (Å²) in [7, 11) is 0. The predicted octanol–water partition coefficient (Wildman–Crippen LogP) is 3.29. The van der Waals surface area contributed by atoms with Crippen molar-refractivity contribution in [3.8, 4) is 11.5 Å². The molecule has 2 nitrogen and oxygen atoms in total. The molecule has 0 N–H and O–H groups in total. The summed E-state index contributed by atoms with van der Waals surface area (Å²) < 4.78 is 11.4. The summed E-state index contributed by atoms with van der Waals surface area (Å²) >= 11 is 0. The fourth-order valence-corrected chi connectivity index (χ4v) is 2.10. The van der Waals surface area contributed by atoms with Crippen molar-refractivity contribution in [2.24, 2.45) is 0 Å². The van der Waals surface area contributed by atoms with Crippen molar-refractivity contribution in [3.63, 3.8) is 0 Å². The van der Waals surface area contributed by atoms with Gasteiger partial charge in [0.1, 0.15) is 11.5 Å². The van der Waals surface area contributed by atoms with Gasteiger partial charge in [0.05, 0.1) is 6.61 Å². The van der Waals surface area contributed by atoms with Gasteiger partial charge in [0.15, 0.2) is 0 Å². The van der Waals surface area contributed by atoms with Crippen molar-refractivity contribution in [1.82, 2.24) is 0 Å². The van der Waals surface area contributed by atoms with E-state index in [-0.39, 0.29) is 34.8 Å². The summed E-state index contributed by atoms with van der Waals surface area (Å²) in [5, 5.41) is 0. The molecule has 0 unspecified atom stereocenters. The molecule has 1 aliphatic rings. The third-order valence-electron chi connectivity index (χ3n) is 3.02. The van der Waals surface area contributed by atoms with E-state index < -0.39 is 0 Å². The van der Waals surface area contributed by atoms with Crippen molar-refractivity contribution in [2.45, 2.75) is 13.4 Å². The van der Waals surface area contributed by atoms with E-state index in [1.807, 2.05) is 36.4 Å². The Morgan fingerprint density at radius 3 is 2.53 bits per heavy atom. The van der Waals surface area contributed by atoms with Crippen LogP contribution in [0, 0.1) is 7.43 Å². The molecule has 2 aromatic rings. The van der Waals surface area contributed by atoms with Gasteiger partial charge >= 0.3 is 6.92 Å².